The lowest BCUT2D eigenvalue weighted by atomic mass is 9.96. The Morgan fingerprint density at radius 2 is 1.97 bits per heavy atom. The number of aromatic nitrogens is 2. The molecule has 2 aromatic carbocycles. The van der Waals surface area contributed by atoms with Crippen molar-refractivity contribution in [3.63, 3.8) is 0 Å². The maximum absolute atomic E-state index is 13.3. The van der Waals surface area contributed by atoms with Gasteiger partial charge in [-0.3, -0.25) is 9.88 Å². The summed E-state index contributed by atoms with van der Waals surface area (Å²) in [4.78, 5) is 20.9. The molecule has 1 aliphatic heterocycles. The van der Waals surface area contributed by atoms with E-state index in [0.717, 1.165) is 43.9 Å². The molecule has 182 valence electrons. The molecule has 0 radical (unpaired) electrons. The lowest BCUT2D eigenvalue weighted by Crippen LogP contribution is -2.28. The molecule has 4 aromatic rings. The Labute approximate surface area is 210 Å². The summed E-state index contributed by atoms with van der Waals surface area (Å²) in [5.41, 5.74) is 5.56. The summed E-state index contributed by atoms with van der Waals surface area (Å²) in [5.74, 6) is 1.18. The molecule has 0 fully saturated rings. The number of aryl methyl sites for hydroxylation is 1. The molecule has 0 amide bonds. The molecule has 35 heavy (non-hydrogen) atoms. The predicted octanol–water partition coefficient (Wildman–Crippen LogP) is 6.13. The molecule has 0 bridgehead atoms. The van der Waals surface area contributed by atoms with Crippen LogP contribution in [0.3, 0.4) is 0 Å². The standard InChI is InChI=1S/C27H27N3O3S.CH4/c1-4-32-27(31)25-23(16-34-19-10-6-5-7-11-19)30(3)22-13-20(18-9-8-12-28-14-18)26-21(24(22)25)15-29(2)17-33-26;/h5-14H,4,15-17H2,1-3H3;1H4. The number of thioether (sulfide) groups is 1. The van der Waals surface area contributed by atoms with Gasteiger partial charge in [-0.15, -0.1) is 11.8 Å². The van der Waals surface area contributed by atoms with Crippen molar-refractivity contribution >= 4 is 28.6 Å². The fourth-order valence-electron chi connectivity index (χ4n) is 4.51. The van der Waals surface area contributed by atoms with E-state index in [2.05, 4.69) is 32.7 Å². The summed E-state index contributed by atoms with van der Waals surface area (Å²) < 4.78 is 13.9. The molecular weight excluding hydrogens is 458 g/mol. The first-order valence-electron chi connectivity index (χ1n) is 11.3. The van der Waals surface area contributed by atoms with E-state index in [-0.39, 0.29) is 13.4 Å². The topological polar surface area (TPSA) is 56.6 Å². The molecule has 6 nitrogen and oxygen atoms in total. The molecule has 0 unspecified atom stereocenters. The SMILES string of the molecule is C.CCOC(=O)c1c(CSc2ccccc2)n(C)c2cc(-c3cccnc3)c3c(c12)CN(C)CO3. The maximum Gasteiger partial charge on any atom is 0.340 e. The van der Waals surface area contributed by atoms with E-state index in [1.54, 1.807) is 18.0 Å². The van der Waals surface area contributed by atoms with Crippen molar-refractivity contribution in [3.05, 3.63) is 77.7 Å². The molecular formula is C28H31N3O3S. The van der Waals surface area contributed by atoms with Gasteiger partial charge in [0.25, 0.3) is 0 Å². The number of esters is 1. The summed E-state index contributed by atoms with van der Waals surface area (Å²) in [7, 11) is 4.05. The molecule has 5 rings (SSSR count). The number of rotatable bonds is 6. The minimum Gasteiger partial charge on any atom is -0.477 e. The first kappa shape index (κ1) is 24.8. The van der Waals surface area contributed by atoms with Crippen LogP contribution in [0.15, 0.2) is 65.8 Å². The fourth-order valence-corrected chi connectivity index (χ4v) is 5.50. The van der Waals surface area contributed by atoms with Gasteiger partial charge in [0.05, 0.1) is 17.7 Å². The molecule has 3 heterocycles. The number of hydrogen-bond acceptors (Lipinski definition) is 6. The normalized spacial score (nSPS) is 13.1. The van der Waals surface area contributed by atoms with Crippen molar-refractivity contribution in [2.75, 3.05) is 20.4 Å². The predicted molar refractivity (Wildman–Crippen MR) is 142 cm³/mol. The van der Waals surface area contributed by atoms with E-state index in [9.17, 15) is 4.79 Å². The van der Waals surface area contributed by atoms with Crippen molar-refractivity contribution in [1.29, 1.82) is 0 Å². The highest BCUT2D eigenvalue weighted by Crippen LogP contribution is 2.44. The van der Waals surface area contributed by atoms with Gasteiger partial charge in [-0.2, -0.15) is 0 Å². The van der Waals surface area contributed by atoms with Crippen molar-refractivity contribution in [3.8, 4) is 16.9 Å². The van der Waals surface area contributed by atoms with Gasteiger partial charge in [0.15, 0.2) is 0 Å². The Balaban J connectivity index is 0.00000289. The number of ether oxygens (including phenoxy) is 2. The van der Waals surface area contributed by atoms with E-state index in [1.807, 2.05) is 57.5 Å². The molecule has 0 atom stereocenters. The quantitative estimate of drug-likeness (QED) is 0.240. The van der Waals surface area contributed by atoms with Crippen molar-refractivity contribution in [2.45, 2.75) is 31.5 Å². The van der Waals surface area contributed by atoms with E-state index < -0.39 is 0 Å². The van der Waals surface area contributed by atoms with Gasteiger partial charge in [0, 0.05) is 64.4 Å². The van der Waals surface area contributed by atoms with E-state index in [1.165, 1.54) is 0 Å². The first-order valence-corrected chi connectivity index (χ1v) is 12.3. The average Bonchev–Trinajstić information content (AvgIpc) is 3.15. The largest absolute Gasteiger partial charge is 0.477 e. The average molecular weight is 490 g/mol. The van der Waals surface area contributed by atoms with E-state index >= 15 is 0 Å². The fraction of sp³-hybridized carbons (Fsp3) is 0.286. The number of hydrogen-bond donors (Lipinski definition) is 0. The van der Waals surface area contributed by atoms with Crippen LogP contribution in [0.5, 0.6) is 5.75 Å². The van der Waals surface area contributed by atoms with Crippen LogP contribution in [-0.2, 0) is 24.1 Å². The van der Waals surface area contributed by atoms with E-state index in [0.29, 0.717) is 31.2 Å². The number of benzene rings is 2. The van der Waals surface area contributed by atoms with Crippen molar-refractivity contribution in [1.82, 2.24) is 14.5 Å². The first-order chi connectivity index (χ1) is 16.6. The molecule has 7 heteroatoms. The third kappa shape index (κ3) is 4.66. The number of pyridine rings is 1. The Bertz CT molecular complexity index is 1340. The lowest BCUT2D eigenvalue weighted by Gasteiger charge is -2.28. The summed E-state index contributed by atoms with van der Waals surface area (Å²) in [5, 5.41) is 0.916. The molecule has 2 aromatic heterocycles. The highest BCUT2D eigenvalue weighted by molar-refractivity contribution is 7.98. The zero-order valence-corrected chi connectivity index (χ0v) is 20.4. The van der Waals surface area contributed by atoms with Gasteiger partial charge in [0.1, 0.15) is 12.5 Å². The van der Waals surface area contributed by atoms with Gasteiger partial charge in [-0.05, 0) is 38.2 Å². The van der Waals surface area contributed by atoms with Crippen molar-refractivity contribution in [2.24, 2.45) is 7.05 Å². The molecule has 0 spiro atoms. The monoisotopic (exact) mass is 489 g/mol. The van der Waals surface area contributed by atoms with Crippen molar-refractivity contribution < 1.29 is 14.3 Å². The Morgan fingerprint density at radius 1 is 1.17 bits per heavy atom. The zero-order chi connectivity index (χ0) is 23.7. The smallest absolute Gasteiger partial charge is 0.340 e. The van der Waals surface area contributed by atoms with Crippen LogP contribution in [0.1, 0.15) is 36.0 Å². The number of carbonyl (C=O) groups is 1. The summed E-state index contributed by atoms with van der Waals surface area (Å²) in [6.07, 6.45) is 3.62. The molecule has 0 saturated heterocycles. The van der Waals surface area contributed by atoms with Gasteiger partial charge < -0.3 is 14.0 Å². The summed E-state index contributed by atoms with van der Waals surface area (Å²) in [6, 6.07) is 16.3. The molecule has 1 aliphatic rings. The van der Waals surface area contributed by atoms with Gasteiger partial charge in [-0.25, -0.2) is 4.79 Å². The molecule has 0 aliphatic carbocycles. The second-order valence-electron chi connectivity index (χ2n) is 8.36. The Morgan fingerprint density at radius 3 is 2.69 bits per heavy atom. The highest BCUT2D eigenvalue weighted by Gasteiger charge is 2.30. The Hall–Kier alpha value is -3.29. The van der Waals surface area contributed by atoms with Gasteiger partial charge in [-0.1, -0.05) is 31.7 Å². The van der Waals surface area contributed by atoms with Crippen LogP contribution in [0, 0.1) is 0 Å². The summed E-state index contributed by atoms with van der Waals surface area (Å²) in [6.45, 7) is 3.34. The maximum atomic E-state index is 13.3. The highest BCUT2D eigenvalue weighted by atomic mass is 32.2. The van der Waals surface area contributed by atoms with Crippen LogP contribution in [-0.4, -0.2) is 40.8 Å². The molecule has 0 N–H and O–H groups in total. The van der Waals surface area contributed by atoms with Crippen LogP contribution < -0.4 is 4.74 Å². The second-order valence-corrected chi connectivity index (χ2v) is 9.41. The molecule has 0 saturated carbocycles. The number of fused-ring (bicyclic) bond motifs is 3. The Kier molecular flexibility index (Phi) is 7.48. The minimum absolute atomic E-state index is 0. The van der Waals surface area contributed by atoms with Gasteiger partial charge >= 0.3 is 5.97 Å². The van der Waals surface area contributed by atoms with Crippen LogP contribution in [0.4, 0.5) is 0 Å². The second kappa shape index (κ2) is 10.5. The van der Waals surface area contributed by atoms with E-state index in [4.69, 9.17) is 9.47 Å². The zero-order valence-electron chi connectivity index (χ0n) is 19.6. The number of carbonyl (C=O) groups excluding carboxylic acids is 1. The number of nitrogens with zero attached hydrogens (tertiary/aromatic N) is 3. The third-order valence-corrected chi connectivity index (χ3v) is 7.11. The summed E-state index contributed by atoms with van der Waals surface area (Å²) >= 11 is 1.71. The lowest BCUT2D eigenvalue weighted by molar-refractivity contribution is 0.0527. The minimum atomic E-state index is -0.290. The van der Waals surface area contributed by atoms with Gasteiger partial charge in [0.2, 0.25) is 0 Å². The van der Waals surface area contributed by atoms with Crippen LogP contribution >= 0.6 is 11.8 Å². The van der Waals surface area contributed by atoms with Crippen LogP contribution in [0.25, 0.3) is 22.0 Å². The third-order valence-electron chi connectivity index (χ3n) is 6.09. The van der Waals surface area contributed by atoms with Crippen LogP contribution in [0.2, 0.25) is 0 Å².